The summed E-state index contributed by atoms with van der Waals surface area (Å²) >= 11 is 6.18. The van der Waals surface area contributed by atoms with Gasteiger partial charge in [-0.1, -0.05) is 29.5 Å². The van der Waals surface area contributed by atoms with Gasteiger partial charge in [0.2, 0.25) is 5.60 Å². The van der Waals surface area contributed by atoms with E-state index in [1.54, 1.807) is 49.1 Å². The Labute approximate surface area is 188 Å². The van der Waals surface area contributed by atoms with Crippen LogP contribution in [0, 0.1) is 11.8 Å². The number of esters is 1. The molecule has 2 aromatic heterocycles. The first-order valence-corrected chi connectivity index (χ1v) is 10.1. The Morgan fingerprint density at radius 3 is 2.81 bits per heavy atom. The number of rotatable bonds is 3. The van der Waals surface area contributed by atoms with Crippen molar-refractivity contribution in [2.75, 3.05) is 33.1 Å². The van der Waals surface area contributed by atoms with Crippen LogP contribution >= 0.6 is 11.6 Å². The van der Waals surface area contributed by atoms with Crippen LogP contribution < -0.4 is 5.32 Å². The van der Waals surface area contributed by atoms with Crippen molar-refractivity contribution in [3.8, 4) is 17.5 Å². The van der Waals surface area contributed by atoms with E-state index in [0.717, 1.165) is 0 Å². The molecule has 3 aromatic rings. The minimum atomic E-state index is -1.69. The number of ether oxygens (including phenoxy) is 1. The molecule has 1 saturated heterocycles. The van der Waals surface area contributed by atoms with E-state index in [1.807, 2.05) is 0 Å². The molecule has 0 saturated carbocycles. The van der Waals surface area contributed by atoms with Gasteiger partial charge in [-0.05, 0) is 18.2 Å². The second-order valence-electron chi connectivity index (χ2n) is 7.33. The molecule has 3 heterocycles. The summed E-state index contributed by atoms with van der Waals surface area (Å²) in [5.74, 6) is 4.94. The molecule has 1 aliphatic heterocycles. The first kappa shape index (κ1) is 21.6. The third kappa shape index (κ3) is 3.64. The number of hydrogen-bond acceptors (Lipinski definition) is 7. The zero-order chi connectivity index (χ0) is 23.0. The van der Waals surface area contributed by atoms with E-state index >= 15 is 0 Å². The van der Waals surface area contributed by atoms with Crippen LogP contribution in [0.25, 0.3) is 16.6 Å². The first-order valence-electron chi connectivity index (χ1n) is 9.74. The van der Waals surface area contributed by atoms with Crippen LogP contribution in [-0.2, 0) is 9.53 Å². The minimum Gasteiger partial charge on any atom is -0.464 e. The molecule has 0 spiro atoms. The number of hydrogen-bond donors (Lipinski definition) is 2. The van der Waals surface area contributed by atoms with E-state index in [2.05, 4.69) is 27.2 Å². The number of methoxy groups -OCH3 is 1. The van der Waals surface area contributed by atoms with Gasteiger partial charge in [-0.2, -0.15) is 5.10 Å². The fourth-order valence-electron chi connectivity index (χ4n) is 3.58. The van der Waals surface area contributed by atoms with Crippen molar-refractivity contribution in [2.45, 2.75) is 12.0 Å². The van der Waals surface area contributed by atoms with Crippen LogP contribution in [0.1, 0.15) is 22.5 Å². The molecular formula is C22H20ClN5O4. The van der Waals surface area contributed by atoms with Crippen LogP contribution in [0.15, 0.2) is 30.3 Å². The number of aromatic nitrogens is 3. The quantitative estimate of drug-likeness (QED) is 0.354. The Morgan fingerprint density at radius 1 is 1.38 bits per heavy atom. The lowest BCUT2D eigenvalue weighted by atomic mass is 10.0. The van der Waals surface area contributed by atoms with Gasteiger partial charge in [0.05, 0.1) is 23.7 Å². The molecule has 1 aromatic carbocycles. The van der Waals surface area contributed by atoms with Crippen LogP contribution in [0.3, 0.4) is 0 Å². The fraction of sp³-hybridized carbons (Fsp3) is 0.273. The lowest BCUT2D eigenvalue weighted by molar-refractivity contribution is -0.137. The number of nitrogens with zero attached hydrogens (tertiary/aromatic N) is 4. The molecule has 1 aliphatic rings. The summed E-state index contributed by atoms with van der Waals surface area (Å²) < 4.78 is 6.43. The Kier molecular flexibility index (Phi) is 5.50. The highest BCUT2D eigenvalue weighted by Crippen LogP contribution is 2.30. The summed E-state index contributed by atoms with van der Waals surface area (Å²) in [5, 5.41) is 18.6. The summed E-state index contributed by atoms with van der Waals surface area (Å²) in [5.41, 5.74) is 0.105. The van der Waals surface area contributed by atoms with Crippen molar-refractivity contribution in [1.29, 1.82) is 0 Å². The topological polar surface area (TPSA) is 110 Å². The minimum absolute atomic E-state index is 0.0846. The number of nitrogens with one attached hydrogen (secondary N) is 1. The predicted molar refractivity (Wildman–Crippen MR) is 119 cm³/mol. The second-order valence-corrected chi connectivity index (χ2v) is 7.71. The van der Waals surface area contributed by atoms with Crippen molar-refractivity contribution in [3.63, 3.8) is 0 Å². The highest BCUT2D eigenvalue weighted by Gasteiger charge is 2.42. The van der Waals surface area contributed by atoms with E-state index in [1.165, 1.54) is 12.0 Å². The lowest BCUT2D eigenvalue weighted by Crippen LogP contribution is -2.37. The molecule has 0 aliphatic carbocycles. The lowest BCUT2D eigenvalue weighted by Gasteiger charge is -2.13. The van der Waals surface area contributed by atoms with Crippen LogP contribution in [0.2, 0.25) is 5.15 Å². The third-order valence-electron chi connectivity index (χ3n) is 5.26. The normalized spacial score (nSPS) is 17.9. The van der Waals surface area contributed by atoms with Gasteiger partial charge in [0, 0.05) is 38.7 Å². The molecule has 1 fully saturated rings. The number of carbonyl (C=O) groups excluding carboxylic acids is 2. The van der Waals surface area contributed by atoms with Gasteiger partial charge in [-0.15, -0.1) is 0 Å². The number of carbonyl (C=O) groups is 2. The molecule has 1 unspecified atom stereocenters. The number of likely N-dealkylation sites (N-methyl/N-ethyl adjacent to an activating group) is 1. The third-order valence-corrected chi connectivity index (χ3v) is 5.46. The Morgan fingerprint density at radius 2 is 2.16 bits per heavy atom. The predicted octanol–water partition coefficient (Wildman–Crippen LogP) is 1.85. The highest BCUT2D eigenvalue weighted by atomic mass is 35.5. The van der Waals surface area contributed by atoms with Gasteiger partial charge in [0.25, 0.3) is 5.91 Å². The maximum atomic E-state index is 12.4. The molecule has 10 heteroatoms. The molecule has 9 nitrogen and oxygen atoms in total. The number of likely N-dealkylation sites (tertiary alicyclic amines) is 1. The van der Waals surface area contributed by atoms with Crippen LogP contribution in [-0.4, -0.2) is 70.0 Å². The smallest absolute Gasteiger partial charge is 0.359 e. The number of benzene rings is 1. The van der Waals surface area contributed by atoms with Crippen molar-refractivity contribution in [1.82, 2.24) is 19.7 Å². The zero-order valence-corrected chi connectivity index (χ0v) is 18.4. The number of amides is 1. The van der Waals surface area contributed by atoms with Gasteiger partial charge in [0.15, 0.2) is 5.69 Å². The summed E-state index contributed by atoms with van der Waals surface area (Å²) in [4.78, 5) is 30.2. The van der Waals surface area contributed by atoms with E-state index in [-0.39, 0.29) is 17.3 Å². The molecule has 0 radical (unpaired) electrons. The van der Waals surface area contributed by atoms with E-state index in [4.69, 9.17) is 16.3 Å². The number of anilines is 1. The van der Waals surface area contributed by atoms with E-state index in [9.17, 15) is 14.7 Å². The molecule has 0 bridgehead atoms. The SMILES string of the molecule is CNc1nc(Cl)cc2c1c(C(=O)OC)nn2-c1cccc(C#CC2(O)CCN(C)C2=O)c1. The maximum Gasteiger partial charge on any atom is 0.359 e. The monoisotopic (exact) mass is 453 g/mol. The van der Waals surface area contributed by atoms with Gasteiger partial charge >= 0.3 is 5.97 Å². The van der Waals surface area contributed by atoms with Gasteiger partial charge in [-0.3, -0.25) is 4.79 Å². The molecule has 1 atom stereocenters. The largest absolute Gasteiger partial charge is 0.464 e. The van der Waals surface area contributed by atoms with Crippen molar-refractivity contribution in [2.24, 2.45) is 0 Å². The summed E-state index contributed by atoms with van der Waals surface area (Å²) in [6.45, 7) is 0.447. The summed E-state index contributed by atoms with van der Waals surface area (Å²) in [6, 6.07) is 8.64. The van der Waals surface area contributed by atoms with Crippen molar-refractivity contribution < 1.29 is 19.4 Å². The first-order chi connectivity index (χ1) is 15.3. The number of pyridine rings is 1. The summed E-state index contributed by atoms with van der Waals surface area (Å²) in [7, 11) is 4.57. The standard InChI is InChI=1S/C22H20ClN5O4/c1-24-19-17-15(12-16(23)25-19)28(26-18(17)20(29)32-3)14-6-4-5-13(11-14)7-8-22(31)9-10-27(2)21(22)30/h4-6,11-12,31H,9-10H2,1-3H3,(H,24,25). The fourth-order valence-corrected chi connectivity index (χ4v) is 3.77. The molecule has 2 N–H and O–H groups in total. The molecular weight excluding hydrogens is 434 g/mol. The maximum absolute atomic E-state index is 12.4. The van der Waals surface area contributed by atoms with Crippen LogP contribution in [0.5, 0.6) is 0 Å². The average molecular weight is 454 g/mol. The number of halogens is 1. The molecule has 4 rings (SSSR count). The highest BCUT2D eigenvalue weighted by molar-refractivity contribution is 6.30. The molecule has 164 valence electrons. The van der Waals surface area contributed by atoms with E-state index in [0.29, 0.717) is 34.5 Å². The summed E-state index contributed by atoms with van der Waals surface area (Å²) in [6.07, 6.45) is 0.250. The number of aliphatic hydroxyl groups is 1. The Hall–Kier alpha value is -3.61. The van der Waals surface area contributed by atoms with Gasteiger partial charge in [-0.25, -0.2) is 14.5 Å². The van der Waals surface area contributed by atoms with Crippen molar-refractivity contribution in [3.05, 3.63) is 46.7 Å². The average Bonchev–Trinajstić information content (AvgIpc) is 3.30. The van der Waals surface area contributed by atoms with Gasteiger partial charge < -0.3 is 20.1 Å². The zero-order valence-electron chi connectivity index (χ0n) is 17.6. The van der Waals surface area contributed by atoms with E-state index < -0.39 is 17.5 Å². The number of fused-ring (bicyclic) bond motifs is 1. The Bertz CT molecular complexity index is 1310. The van der Waals surface area contributed by atoms with Gasteiger partial charge in [0.1, 0.15) is 11.0 Å². The molecule has 1 amide bonds. The molecule has 32 heavy (non-hydrogen) atoms. The van der Waals surface area contributed by atoms with Crippen molar-refractivity contribution >= 4 is 40.2 Å². The van der Waals surface area contributed by atoms with Crippen LogP contribution in [0.4, 0.5) is 5.82 Å². The second kappa shape index (κ2) is 8.15. The Balaban J connectivity index is 1.83.